The Hall–Kier alpha value is -2.23. The van der Waals surface area contributed by atoms with E-state index in [9.17, 15) is 9.59 Å². The minimum atomic E-state index is -0.532. The number of halogens is 2. The van der Waals surface area contributed by atoms with Crippen LogP contribution in [0.1, 0.15) is 49.3 Å². The van der Waals surface area contributed by atoms with E-state index in [0.717, 1.165) is 22.4 Å². The van der Waals surface area contributed by atoms with Crippen LogP contribution in [-0.2, 0) is 9.59 Å². The van der Waals surface area contributed by atoms with Crippen LogP contribution < -0.4 is 0 Å². The number of ketones is 2. The lowest BCUT2D eigenvalue weighted by atomic mass is 9.70. The first kappa shape index (κ1) is 18.8. The largest absolute Gasteiger partial charge is 0.294 e. The SMILES string of the molecule is CC1(C)CC(=O)C2=C(C1)N=C1c3ccccc3C(c3ccc(Cl)cc3Cl)C1C2=O. The summed E-state index contributed by atoms with van der Waals surface area (Å²) in [6, 6.07) is 13.3. The molecular weight excluding hydrogens is 405 g/mol. The van der Waals surface area contributed by atoms with Crippen LogP contribution in [0.25, 0.3) is 0 Å². The first-order valence-corrected chi connectivity index (χ1v) is 10.5. The summed E-state index contributed by atoms with van der Waals surface area (Å²) in [6.45, 7) is 4.09. The molecule has 0 aromatic heterocycles. The van der Waals surface area contributed by atoms with E-state index in [2.05, 4.69) is 0 Å². The van der Waals surface area contributed by atoms with Gasteiger partial charge in [0, 0.05) is 27.9 Å². The Kier molecular flexibility index (Phi) is 4.13. The Morgan fingerprint density at radius 2 is 1.72 bits per heavy atom. The van der Waals surface area contributed by atoms with Gasteiger partial charge in [0.1, 0.15) is 0 Å². The molecule has 3 nitrogen and oxygen atoms in total. The van der Waals surface area contributed by atoms with E-state index in [1.54, 1.807) is 12.1 Å². The van der Waals surface area contributed by atoms with Gasteiger partial charge in [0.15, 0.2) is 11.6 Å². The Bertz CT molecular complexity index is 1160. The molecule has 2 aromatic rings. The number of aliphatic imine (C=N–C) groups is 1. The maximum atomic E-state index is 13.7. The molecule has 0 saturated carbocycles. The molecule has 5 rings (SSSR count). The van der Waals surface area contributed by atoms with Crippen molar-refractivity contribution in [1.82, 2.24) is 0 Å². The summed E-state index contributed by atoms with van der Waals surface area (Å²) in [5.74, 6) is -1.03. The van der Waals surface area contributed by atoms with Gasteiger partial charge in [-0.15, -0.1) is 0 Å². The average Bonchev–Trinajstić information content (AvgIpc) is 2.95. The van der Waals surface area contributed by atoms with Crippen molar-refractivity contribution in [2.75, 3.05) is 0 Å². The first-order chi connectivity index (χ1) is 13.8. The lowest BCUT2D eigenvalue weighted by molar-refractivity contribution is -0.124. The minimum Gasteiger partial charge on any atom is -0.294 e. The van der Waals surface area contributed by atoms with E-state index in [4.69, 9.17) is 28.2 Å². The highest BCUT2D eigenvalue weighted by Crippen LogP contribution is 2.50. The molecule has 1 heterocycles. The standard InChI is InChI=1S/C24H19Cl2NO2/c1-24(2)10-17-20(18(28)11-24)23(29)21-19(15-8-7-12(25)9-16(15)26)13-5-3-4-6-14(13)22(21)27-17/h3-9,19,21H,10-11H2,1-2H3. The number of hydrogen-bond donors (Lipinski definition) is 0. The fourth-order valence-electron chi connectivity index (χ4n) is 4.98. The zero-order valence-corrected chi connectivity index (χ0v) is 17.6. The number of nitrogens with zero attached hydrogens (tertiary/aromatic N) is 1. The Balaban J connectivity index is 1.73. The van der Waals surface area contributed by atoms with Crippen molar-refractivity contribution >= 4 is 40.5 Å². The summed E-state index contributed by atoms with van der Waals surface area (Å²) in [4.78, 5) is 31.5. The molecule has 0 saturated heterocycles. The summed E-state index contributed by atoms with van der Waals surface area (Å²) in [5.41, 5.74) is 4.31. The van der Waals surface area contributed by atoms with Gasteiger partial charge in [-0.2, -0.15) is 0 Å². The van der Waals surface area contributed by atoms with Crippen LogP contribution in [0, 0.1) is 11.3 Å². The molecule has 2 aliphatic carbocycles. The molecule has 0 radical (unpaired) electrons. The second-order valence-corrected chi connectivity index (χ2v) is 9.68. The second kappa shape index (κ2) is 6.38. The quantitative estimate of drug-likeness (QED) is 0.546. The van der Waals surface area contributed by atoms with Gasteiger partial charge in [-0.25, -0.2) is 0 Å². The highest BCUT2D eigenvalue weighted by molar-refractivity contribution is 6.36. The lowest BCUT2D eigenvalue weighted by Crippen LogP contribution is -2.38. The van der Waals surface area contributed by atoms with Gasteiger partial charge in [-0.3, -0.25) is 14.6 Å². The van der Waals surface area contributed by atoms with Crippen molar-refractivity contribution < 1.29 is 9.59 Å². The number of hydrogen-bond acceptors (Lipinski definition) is 3. The third-order valence-electron chi connectivity index (χ3n) is 6.13. The molecule has 146 valence electrons. The molecule has 0 fully saturated rings. The molecule has 0 N–H and O–H groups in total. The molecule has 2 aromatic carbocycles. The summed E-state index contributed by atoms with van der Waals surface area (Å²) in [5, 5.41) is 1.06. The number of benzene rings is 2. The van der Waals surface area contributed by atoms with Crippen molar-refractivity contribution in [2.45, 2.75) is 32.6 Å². The summed E-state index contributed by atoms with van der Waals surface area (Å²) in [7, 11) is 0. The predicted molar refractivity (Wildman–Crippen MR) is 115 cm³/mol. The fraction of sp³-hybridized carbons (Fsp3) is 0.292. The van der Waals surface area contributed by atoms with Gasteiger partial charge in [0.25, 0.3) is 0 Å². The van der Waals surface area contributed by atoms with Gasteiger partial charge in [0.05, 0.1) is 22.9 Å². The third kappa shape index (κ3) is 2.83. The van der Waals surface area contributed by atoms with Gasteiger partial charge < -0.3 is 0 Å². The Labute approximate surface area is 179 Å². The van der Waals surface area contributed by atoms with Gasteiger partial charge in [-0.05, 0) is 35.1 Å². The van der Waals surface area contributed by atoms with Crippen molar-refractivity contribution in [2.24, 2.45) is 16.3 Å². The van der Waals surface area contributed by atoms with E-state index >= 15 is 0 Å². The van der Waals surface area contributed by atoms with Crippen molar-refractivity contribution in [3.8, 4) is 0 Å². The molecule has 1 aliphatic heterocycles. The molecule has 0 amide bonds. The number of allylic oxidation sites excluding steroid dienone is 2. The molecule has 2 unspecified atom stereocenters. The van der Waals surface area contributed by atoms with Gasteiger partial charge in [0.2, 0.25) is 0 Å². The molecule has 3 aliphatic rings. The monoisotopic (exact) mass is 423 g/mol. The van der Waals surface area contributed by atoms with Crippen LogP contribution >= 0.6 is 23.2 Å². The van der Waals surface area contributed by atoms with E-state index < -0.39 is 5.92 Å². The highest BCUT2D eigenvalue weighted by Gasteiger charge is 2.50. The Morgan fingerprint density at radius 3 is 2.48 bits per heavy atom. The van der Waals surface area contributed by atoms with E-state index in [0.29, 0.717) is 34.2 Å². The number of Topliss-reactive ketones (excluding diaryl/α,β-unsaturated/α-hetero) is 2. The molecule has 5 heteroatoms. The van der Waals surface area contributed by atoms with Crippen LogP contribution in [0.3, 0.4) is 0 Å². The fourth-order valence-corrected chi connectivity index (χ4v) is 5.50. The maximum absolute atomic E-state index is 13.7. The smallest absolute Gasteiger partial charge is 0.178 e. The molecule has 0 bridgehead atoms. The van der Waals surface area contributed by atoms with Crippen molar-refractivity contribution in [3.05, 3.63) is 80.5 Å². The second-order valence-electron chi connectivity index (χ2n) is 8.83. The molecule has 29 heavy (non-hydrogen) atoms. The molecule has 0 spiro atoms. The topological polar surface area (TPSA) is 46.5 Å². The van der Waals surface area contributed by atoms with Crippen molar-refractivity contribution in [3.63, 3.8) is 0 Å². The number of fused-ring (bicyclic) bond motifs is 3. The third-order valence-corrected chi connectivity index (χ3v) is 6.70. The predicted octanol–water partition coefficient (Wildman–Crippen LogP) is 5.77. The van der Waals surface area contributed by atoms with Crippen LogP contribution in [0.15, 0.2) is 58.7 Å². The summed E-state index contributed by atoms with van der Waals surface area (Å²) in [6.07, 6.45) is 0.999. The maximum Gasteiger partial charge on any atom is 0.178 e. The zero-order chi connectivity index (χ0) is 20.5. The average molecular weight is 424 g/mol. The van der Waals surface area contributed by atoms with Gasteiger partial charge >= 0.3 is 0 Å². The van der Waals surface area contributed by atoms with Gasteiger partial charge in [-0.1, -0.05) is 67.4 Å². The normalized spacial score (nSPS) is 24.8. The van der Waals surface area contributed by atoms with E-state index in [1.807, 2.05) is 44.2 Å². The van der Waals surface area contributed by atoms with Crippen LogP contribution in [0.5, 0.6) is 0 Å². The van der Waals surface area contributed by atoms with Crippen LogP contribution in [0.2, 0.25) is 10.0 Å². The number of carbonyl (C=O) groups is 2. The summed E-state index contributed by atoms with van der Waals surface area (Å²) < 4.78 is 0. The van der Waals surface area contributed by atoms with Crippen LogP contribution in [-0.4, -0.2) is 17.3 Å². The lowest BCUT2D eigenvalue weighted by Gasteiger charge is -2.34. The number of rotatable bonds is 1. The van der Waals surface area contributed by atoms with E-state index in [-0.39, 0.29) is 22.9 Å². The Morgan fingerprint density at radius 1 is 0.966 bits per heavy atom. The number of carbonyl (C=O) groups excluding carboxylic acids is 2. The molecule has 2 atom stereocenters. The van der Waals surface area contributed by atoms with Crippen LogP contribution in [0.4, 0.5) is 0 Å². The minimum absolute atomic E-state index is 0.0963. The molecular formula is C24H19Cl2NO2. The first-order valence-electron chi connectivity index (χ1n) is 9.70. The highest BCUT2D eigenvalue weighted by atomic mass is 35.5. The summed E-state index contributed by atoms with van der Waals surface area (Å²) >= 11 is 12.6. The van der Waals surface area contributed by atoms with E-state index in [1.165, 1.54) is 0 Å². The zero-order valence-electron chi connectivity index (χ0n) is 16.1. The van der Waals surface area contributed by atoms with Crippen molar-refractivity contribution in [1.29, 1.82) is 0 Å².